The van der Waals surface area contributed by atoms with Crippen LogP contribution in [0.4, 0.5) is 4.39 Å². The number of pyridine rings is 1. The molecule has 0 spiro atoms. The van der Waals surface area contributed by atoms with Gasteiger partial charge in [-0.3, -0.25) is 0 Å². The average Bonchev–Trinajstić information content (AvgIpc) is 2.89. The van der Waals surface area contributed by atoms with Crippen molar-refractivity contribution in [3.8, 4) is 17.0 Å². The van der Waals surface area contributed by atoms with Gasteiger partial charge in [0, 0.05) is 18.0 Å². The summed E-state index contributed by atoms with van der Waals surface area (Å²) in [5, 5.41) is 9.11. The number of aliphatic hydroxyl groups excluding tert-OH is 1. The van der Waals surface area contributed by atoms with E-state index < -0.39 is 5.82 Å². The highest BCUT2D eigenvalue weighted by molar-refractivity contribution is 5.63. The van der Waals surface area contributed by atoms with Crippen LogP contribution in [0.25, 0.3) is 16.9 Å². The number of aliphatic hydroxyl groups is 1. The van der Waals surface area contributed by atoms with Gasteiger partial charge in [0.15, 0.2) is 11.6 Å². The first-order valence-corrected chi connectivity index (χ1v) is 6.13. The molecule has 1 N–H and O–H groups in total. The van der Waals surface area contributed by atoms with E-state index in [1.165, 1.54) is 13.2 Å². The summed E-state index contributed by atoms with van der Waals surface area (Å²) in [5.74, 6) is -0.210. The Morgan fingerprint density at radius 1 is 1.30 bits per heavy atom. The number of hydrogen-bond acceptors (Lipinski definition) is 3. The minimum Gasteiger partial charge on any atom is -0.494 e. The van der Waals surface area contributed by atoms with E-state index in [0.29, 0.717) is 16.9 Å². The largest absolute Gasteiger partial charge is 0.494 e. The molecule has 0 saturated heterocycles. The third-order valence-corrected chi connectivity index (χ3v) is 3.15. The molecule has 1 aromatic carbocycles. The monoisotopic (exact) mass is 272 g/mol. The van der Waals surface area contributed by atoms with Crippen molar-refractivity contribution in [2.45, 2.75) is 6.61 Å². The van der Waals surface area contributed by atoms with Gasteiger partial charge in [0.2, 0.25) is 0 Å². The number of hydrogen-bond donors (Lipinski definition) is 1. The predicted molar refractivity (Wildman–Crippen MR) is 73.1 cm³/mol. The zero-order valence-corrected chi connectivity index (χ0v) is 10.9. The number of rotatable bonds is 3. The molecular weight excluding hydrogens is 259 g/mol. The maximum Gasteiger partial charge on any atom is 0.165 e. The summed E-state index contributed by atoms with van der Waals surface area (Å²) in [6.45, 7) is -0.0319. The van der Waals surface area contributed by atoms with Crippen LogP contribution in [0, 0.1) is 5.82 Å². The summed E-state index contributed by atoms with van der Waals surface area (Å²) in [7, 11) is 1.43. The third kappa shape index (κ3) is 2.12. The van der Waals surface area contributed by atoms with Crippen LogP contribution in [-0.4, -0.2) is 21.6 Å². The van der Waals surface area contributed by atoms with Gasteiger partial charge in [0.1, 0.15) is 5.65 Å². The molecule has 5 heteroatoms. The molecule has 2 aromatic heterocycles. The number of methoxy groups -OCH3 is 1. The van der Waals surface area contributed by atoms with Crippen molar-refractivity contribution in [3.05, 3.63) is 54.1 Å². The summed E-state index contributed by atoms with van der Waals surface area (Å²) in [4.78, 5) is 4.43. The van der Waals surface area contributed by atoms with Gasteiger partial charge in [-0.05, 0) is 35.9 Å². The summed E-state index contributed by atoms with van der Waals surface area (Å²) in [6, 6.07) is 8.34. The van der Waals surface area contributed by atoms with Crippen molar-refractivity contribution in [3.63, 3.8) is 0 Å². The summed E-state index contributed by atoms with van der Waals surface area (Å²) in [5.41, 5.74) is 2.84. The zero-order chi connectivity index (χ0) is 14.1. The smallest absolute Gasteiger partial charge is 0.165 e. The first-order valence-electron chi connectivity index (χ1n) is 6.13. The Morgan fingerprint density at radius 2 is 2.15 bits per heavy atom. The molecule has 0 unspecified atom stereocenters. The molecule has 3 aromatic rings. The number of ether oxygens (including phenoxy) is 1. The van der Waals surface area contributed by atoms with Crippen LogP contribution in [0.2, 0.25) is 0 Å². The van der Waals surface area contributed by atoms with Gasteiger partial charge < -0.3 is 14.2 Å². The fourth-order valence-electron chi connectivity index (χ4n) is 2.09. The Balaban J connectivity index is 2.07. The highest BCUT2D eigenvalue weighted by Crippen LogP contribution is 2.25. The molecule has 0 fully saturated rings. The van der Waals surface area contributed by atoms with Gasteiger partial charge in [-0.1, -0.05) is 0 Å². The van der Waals surface area contributed by atoms with Crippen molar-refractivity contribution >= 4 is 5.65 Å². The Kier molecular flexibility index (Phi) is 3.12. The fourth-order valence-corrected chi connectivity index (χ4v) is 2.09. The van der Waals surface area contributed by atoms with E-state index in [2.05, 4.69) is 4.98 Å². The molecule has 20 heavy (non-hydrogen) atoms. The molecule has 102 valence electrons. The Labute approximate surface area is 115 Å². The van der Waals surface area contributed by atoms with Gasteiger partial charge in [-0.15, -0.1) is 0 Å². The van der Waals surface area contributed by atoms with Crippen LogP contribution in [0.15, 0.2) is 42.7 Å². The maximum absolute atomic E-state index is 13.7. The van der Waals surface area contributed by atoms with Gasteiger partial charge in [-0.2, -0.15) is 0 Å². The lowest BCUT2D eigenvalue weighted by Gasteiger charge is -2.02. The maximum atomic E-state index is 13.7. The van der Waals surface area contributed by atoms with Crippen LogP contribution in [0.5, 0.6) is 5.75 Å². The first kappa shape index (κ1) is 12.6. The SMILES string of the molecule is COc1ccc(-c2cn3ccc(CO)cc3n2)cc1F. The van der Waals surface area contributed by atoms with E-state index in [-0.39, 0.29) is 12.4 Å². The molecule has 0 atom stereocenters. The topological polar surface area (TPSA) is 46.8 Å². The van der Waals surface area contributed by atoms with Crippen molar-refractivity contribution in [2.24, 2.45) is 0 Å². The third-order valence-electron chi connectivity index (χ3n) is 3.15. The lowest BCUT2D eigenvalue weighted by molar-refractivity contribution is 0.282. The number of fused-ring (bicyclic) bond motifs is 1. The van der Waals surface area contributed by atoms with Gasteiger partial charge in [0.05, 0.1) is 19.4 Å². The number of benzene rings is 1. The Hall–Kier alpha value is -2.40. The van der Waals surface area contributed by atoms with E-state index in [0.717, 1.165) is 5.56 Å². The second kappa shape index (κ2) is 4.94. The van der Waals surface area contributed by atoms with Crippen LogP contribution >= 0.6 is 0 Å². The second-order valence-corrected chi connectivity index (χ2v) is 4.43. The van der Waals surface area contributed by atoms with E-state index in [9.17, 15) is 4.39 Å². The molecule has 3 rings (SSSR count). The quantitative estimate of drug-likeness (QED) is 0.797. The van der Waals surface area contributed by atoms with Gasteiger partial charge in [0.25, 0.3) is 0 Å². The second-order valence-electron chi connectivity index (χ2n) is 4.43. The minimum atomic E-state index is -0.418. The molecule has 4 nitrogen and oxygen atoms in total. The van der Waals surface area contributed by atoms with E-state index >= 15 is 0 Å². The highest BCUT2D eigenvalue weighted by atomic mass is 19.1. The van der Waals surface area contributed by atoms with Crippen molar-refractivity contribution in [1.82, 2.24) is 9.38 Å². The van der Waals surface area contributed by atoms with Crippen LogP contribution in [-0.2, 0) is 6.61 Å². The minimum absolute atomic E-state index is 0.0319. The molecule has 0 radical (unpaired) electrons. The number of halogens is 1. The number of imidazole rings is 1. The summed E-state index contributed by atoms with van der Waals surface area (Å²) in [6.07, 6.45) is 3.63. The average molecular weight is 272 g/mol. The van der Waals surface area contributed by atoms with Gasteiger partial charge >= 0.3 is 0 Å². The first-order chi connectivity index (χ1) is 9.71. The van der Waals surface area contributed by atoms with Crippen molar-refractivity contribution in [2.75, 3.05) is 7.11 Å². The molecule has 0 bridgehead atoms. The molecule has 0 aliphatic heterocycles. The van der Waals surface area contributed by atoms with E-state index in [1.807, 2.05) is 22.9 Å². The van der Waals surface area contributed by atoms with Crippen LogP contribution < -0.4 is 4.74 Å². The van der Waals surface area contributed by atoms with E-state index in [1.54, 1.807) is 18.2 Å². The lowest BCUT2D eigenvalue weighted by Crippen LogP contribution is -1.88. The highest BCUT2D eigenvalue weighted by Gasteiger charge is 2.09. The Bertz CT molecular complexity index is 768. The van der Waals surface area contributed by atoms with Crippen molar-refractivity contribution < 1.29 is 14.2 Å². The molecular formula is C15H13FN2O2. The van der Waals surface area contributed by atoms with Crippen LogP contribution in [0.1, 0.15) is 5.56 Å². The lowest BCUT2D eigenvalue weighted by atomic mass is 10.1. The normalized spacial score (nSPS) is 10.9. The molecule has 2 heterocycles. The molecule has 0 aliphatic rings. The predicted octanol–water partition coefficient (Wildman–Crippen LogP) is 2.64. The number of aromatic nitrogens is 2. The molecule has 0 amide bonds. The fraction of sp³-hybridized carbons (Fsp3) is 0.133. The van der Waals surface area contributed by atoms with E-state index in [4.69, 9.17) is 9.84 Å². The van der Waals surface area contributed by atoms with Crippen molar-refractivity contribution in [1.29, 1.82) is 0 Å². The van der Waals surface area contributed by atoms with Gasteiger partial charge in [-0.25, -0.2) is 9.37 Å². The van der Waals surface area contributed by atoms with Crippen LogP contribution in [0.3, 0.4) is 0 Å². The zero-order valence-electron chi connectivity index (χ0n) is 10.9. The molecule has 0 saturated carbocycles. The Morgan fingerprint density at radius 3 is 2.85 bits per heavy atom. The summed E-state index contributed by atoms with van der Waals surface area (Å²) >= 11 is 0. The summed E-state index contributed by atoms with van der Waals surface area (Å²) < 4.78 is 20.4. The number of nitrogens with zero attached hydrogens (tertiary/aromatic N) is 2. The molecule has 0 aliphatic carbocycles. The standard InChI is InChI=1S/C15H13FN2O2/c1-20-14-3-2-11(7-12(14)16)13-8-18-5-4-10(9-19)6-15(18)17-13/h2-8,19H,9H2,1H3.